The first kappa shape index (κ1) is 12.3. The van der Waals surface area contributed by atoms with Crippen LogP contribution in [0.2, 0.25) is 0 Å². The summed E-state index contributed by atoms with van der Waals surface area (Å²) in [5.41, 5.74) is 0.913. The van der Waals surface area contributed by atoms with E-state index in [1.165, 1.54) is 7.05 Å². The lowest BCUT2D eigenvalue weighted by molar-refractivity contribution is 0.195. The van der Waals surface area contributed by atoms with Gasteiger partial charge >= 0.3 is 0 Å². The molecule has 1 aromatic carbocycles. The van der Waals surface area contributed by atoms with Crippen LogP contribution in [-0.4, -0.2) is 34.7 Å². The van der Waals surface area contributed by atoms with Crippen LogP contribution < -0.4 is 10.0 Å². The molecule has 94 valence electrons. The summed E-state index contributed by atoms with van der Waals surface area (Å²) in [7, 11) is -1.94. The highest BCUT2D eigenvalue weighted by atomic mass is 32.2. The van der Waals surface area contributed by atoms with Gasteiger partial charge in [-0.1, -0.05) is 0 Å². The molecule has 0 spiro atoms. The molecule has 0 aliphatic carbocycles. The molecule has 1 heterocycles. The van der Waals surface area contributed by atoms with Crippen molar-refractivity contribution in [3.05, 3.63) is 24.3 Å². The Morgan fingerprint density at radius 3 is 2.53 bits per heavy atom. The van der Waals surface area contributed by atoms with Crippen molar-refractivity contribution >= 4 is 15.7 Å². The van der Waals surface area contributed by atoms with E-state index in [1.54, 1.807) is 24.3 Å². The number of nitrogens with one attached hydrogen (secondary N) is 2. The van der Waals surface area contributed by atoms with Gasteiger partial charge < -0.3 is 10.1 Å². The topological polar surface area (TPSA) is 67.4 Å². The van der Waals surface area contributed by atoms with E-state index >= 15 is 0 Å². The van der Waals surface area contributed by atoms with E-state index < -0.39 is 10.0 Å². The van der Waals surface area contributed by atoms with Gasteiger partial charge in [0.1, 0.15) is 0 Å². The Hall–Kier alpha value is -1.11. The highest BCUT2D eigenvalue weighted by Gasteiger charge is 2.15. The van der Waals surface area contributed by atoms with E-state index in [4.69, 9.17) is 4.74 Å². The SMILES string of the molecule is CNS(=O)(=O)c1ccc(NC2CCOC2)cc1. The third kappa shape index (κ3) is 2.96. The van der Waals surface area contributed by atoms with E-state index in [-0.39, 0.29) is 4.90 Å². The summed E-state index contributed by atoms with van der Waals surface area (Å²) in [6, 6.07) is 7.03. The molecule has 1 aliphatic heterocycles. The molecule has 0 aromatic heterocycles. The summed E-state index contributed by atoms with van der Waals surface area (Å²) in [5, 5.41) is 3.30. The number of hydrogen-bond acceptors (Lipinski definition) is 4. The van der Waals surface area contributed by atoms with Gasteiger partial charge in [0, 0.05) is 12.3 Å². The van der Waals surface area contributed by atoms with Gasteiger partial charge in [-0.3, -0.25) is 0 Å². The van der Waals surface area contributed by atoms with Crippen LogP contribution in [0, 0.1) is 0 Å². The third-order valence-electron chi connectivity index (χ3n) is 2.73. The van der Waals surface area contributed by atoms with E-state index in [9.17, 15) is 8.42 Å². The molecule has 0 amide bonds. The van der Waals surface area contributed by atoms with E-state index in [0.29, 0.717) is 12.6 Å². The van der Waals surface area contributed by atoms with Crippen LogP contribution in [0.25, 0.3) is 0 Å². The van der Waals surface area contributed by atoms with Gasteiger partial charge in [0.15, 0.2) is 0 Å². The van der Waals surface area contributed by atoms with Gasteiger partial charge in [-0.15, -0.1) is 0 Å². The number of anilines is 1. The lowest BCUT2D eigenvalue weighted by Crippen LogP contribution is -2.20. The summed E-state index contributed by atoms with van der Waals surface area (Å²) < 4.78 is 30.5. The molecule has 1 unspecified atom stereocenters. The molecule has 0 bridgehead atoms. The Labute approximate surface area is 101 Å². The fourth-order valence-corrected chi connectivity index (χ4v) is 2.46. The van der Waals surface area contributed by atoms with E-state index in [1.807, 2.05) is 0 Å². The normalized spacial score (nSPS) is 20.4. The first-order chi connectivity index (χ1) is 8.12. The van der Waals surface area contributed by atoms with Crippen molar-refractivity contribution in [2.45, 2.75) is 17.4 Å². The standard InChI is InChI=1S/C11H16N2O3S/c1-12-17(14,15)11-4-2-9(3-5-11)13-10-6-7-16-8-10/h2-5,10,12-13H,6-8H2,1H3. The van der Waals surface area contributed by atoms with Gasteiger partial charge in [-0.25, -0.2) is 13.1 Å². The van der Waals surface area contributed by atoms with Crippen LogP contribution in [0.15, 0.2) is 29.2 Å². The molecular weight excluding hydrogens is 240 g/mol. The largest absolute Gasteiger partial charge is 0.380 e. The maximum Gasteiger partial charge on any atom is 0.240 e. The molecule has 1 aliphatic rings. The Kier molecular flexibility index (Phi) is 3.66. The molecule has 0 radical (unpaired) electrons. The number of hydrogen-bond donors (Lipinski definition) is 2. The number of ether oxygens (including phenoxy) is 1. The minimum Gasteiger partial charge on any atom is -0.380 e. The fraction of sp³-hybridized carbons (Fsp3) is 0.455. The number of benzene rings is 1. The molecule has 0 saturated carbocycles. The molecule has 2 rings (SSSR count). The predicted molar refractivity (Wildman–Crippen MR) is 65.5 cm³/mol. The zero-order chi connectivity index (χ0) is 12.3. The molecule has 1 saturated heterocycles. The predicted octanol–water partition coefficient (Wildman–Crippen LogP) is 0.795. The summed E-state index contributed by atoms with van der Waals surface area (Å²) in [5.74, 6) is 0. The Bertz CT molecular complexity index is 464. The first-order valence-electron chi connectivity index (χ1n) is 5.50. The zero-order valence-corrected chi connectivity index (χ0v) is 10.5. The van der Waals surface area contributed by atoms with E-state index in [2.05, 4.69) is 10.0 Å². The monoisotopic (exact) mass is 256 g/mol. The summed E-state index contributed by atoms with van der Waals surface area (Å²) in [4.78, 5) is 0.272. The van der Waals surface area contributed by atoms with Crippen molar-refractivity contribution in [3.63, 3.8) is 0 Å². The van der Waals surface area contributed by atoms with Gasteiger partial charge in [0.05, 0.1) is 17.5 Å². The molecule has 1 fully saturated rings. The summed E-state index contributed by atoms with van der Waals surface area (Å²) in [6.45, 7) is 1.49. The average molecular weight is 256 g/mol. The van der Waals surface area contributed by atoms with Crippen molar-refractivity contribution in [2.24, 2.45) is 0 Å². The highest BCUT2D eigenvalue weighted by Crippen LogP contribution is 2.16. The summed E-state index contributed by atoms with van der Waals surface area (Å²) >= 11 is 0. The molecular formula is C11H16N2O3S. The van der Waals surface area contributed by atoms with Crippen LogP contribution in [0.1, 0.15) is 6.42 Å². The van der Waals surface area contributed by atoms with Gasteiger partial charge in [0.25, 0.3) is 0 Å². The molecule has 5 nitrogen and oxygen atoms in total. The highest BCUT2D eigenvalue weighted by molar-refractivity contribution is 7.89. The average Bonchev–Trinajstić information content (AvgIpc) is 2.83. The number of rotatable bonds is 4. The summed E-state index contributed by atoms with van der Waals surface area (Å²) in [6.07, 6.45) is 0.983. The lowest BCUT2D eigenvalue weighted by atomic mass is 10.2. The molecule has 2 N–H and O–H groups in total. The fourth-order valence-electron chi connectivity index (χ4n) is 1.73. The van der Waals surface area contributed by atoms with Crippen molar-refractivity contribution in [1.29, 1.82) is 0 Å². The lowest BCUT2D eigenvalue weighted by Gasteiger charge is -2.12. The van der Waals surface area contributed by atoms with E-state index in [0.717, 1.165) is 18.7 Å². The minimum absolute atomic E-state index is 0.272. The Morgan fingerprint density at radius 2 is 2.00 bits per heavy atom. The first-order valence-corrected chi connectivity index (χ1v) is 6.98. The van der Waals surface area contributed by atoms with Gasteiger partial charge in [0.2, 0.25) is 10.0 Å². The minimum atomic E-state index is -3.34. The molecule has 17 heavy (non-hydrogen) atoms. The molecule has 1 atom stereocenters. The third-order valence-corrected chi connectivity index (χ3v) is 4.16. The number of sulfonamides is 1. The zero-order valence-electron chi connectivity index (χ0n) is 9.64. The van der Waals surface area contributed by atoms with Crippen LogP contribution in [0.5, 0.6) is 0 Å². The van der Waals surface area contributed by atoms with Crippen LogP contribution in [-0.2, 0) is 14.8 Å². The molecule has 1 aromatic rings. The van der Waals surface area contributed by atoms with Crippen molar-refractivity contribution < 1.29 is 13.2 Å². The van der Waals surface area contributed by atoms with Crippen LogP contribution in [0.3, 0.4) is 0 Å². The second kappa shape index (κ2) is 5.03. The Morgan fingerprint density at radius 1 is 1.29 bits per heavy atom. The second-order valence-corrected chi connectivity index (χ2v) is 5.82. The van der Waals surface area contributed by atoms with Crippen molar-refractivity contribution in [3.8, 4) is 0 Å². The quantitative estimate of drug-likeness (QED) is 0.836. The molecule has 6 heteroatoms. The van der Waals surface area contributed by atoms with Crippen LogP contribution in [0.4, 0.5) is 5.69 Å². The van der Waals surface area contributed by atoms with Gasteiger partial charge in [-0.05, 0) is 37.7 Å². The second-order valence-electron chi connectivity index (χ2n) is 3.94. The van der Waals surface area contributed by atoms with Crippen molar-refractivity contribution in [1.82, 2.24) is 4.72 Å². The maximum atomic E-state index is 11.5. The van der Waals surface area contributed by atoms with Gasteiger partial charge in [-0.2, -0.15) is 0 Å². The van der Waals surface area contributed by atoms with Crippen molar-refractivity contribution in [2.75, 3.05) is 25.6 Å². The Balaban J connectivity index is 2.07. The maximum absolute atomic E-state index is 11.5. The smallest absolute Gasteiger partial charge is 0.240 e. The van der Waals surface area contributed by atoms with Crippen LogP contribution >= 0.6 is 0 Å².